The van der Waals surface area contributed by atoms with Crippen LogP contribution in [0.1, 0.15) is 34.3 Å². The average molecular weight is 557 g/mol. The number of halogens is 1. The molecular weight excluding hydrogens is 523 g/mol. The molecule has 9 heteroatoms. The lowest BCUT2D eigenvalue weighted by Gasteiger charge is -2.25. The van der Waals surface area contributed by atoms with Crippen molar-refractivity contribution in [2.45, 2.75) is 32.8 Å². The monoisotopic (exact) mass is 556 g/mol. The molecule has 4 aromatic rings. The second-order valence-corrected chi connectivity index (χ2v) is 10.2. The molecule has 8 nitrogen and oxygen atoms in total. The average Bonchev–Trinajstić information content (AvgIpc) is 3.64. The number of ether oxygens (including phenoxy) is 2. The van der Waals surface area contributed by atoms with E-state index in [-0.39, 0.29) is 25.1 Å². The maximum absolute atomic E-state index is 13.5. The molecule has 0 radical (unpaired) electrons. The first-order chi connectivity index (χ1) is 19.8. The Kier molecular flexibility index (Phi) is 8.45. The van der Waals surface area contributed by atoms with Gasteiger partial charge in [-0.15, -0.1) is 0 Å². The standard InChI is InChI=1S/C32H33FN4O4/c1-21-6-13-26(17-22(21)2)37-19-29(23-9-14-27(40-3)15-10-23)34-32(37)35-30(38)20-36(18-28-5-4-16-41-28)31(39)24-7-11-25(33)12-8-24/h6-15,17,19,28H,4-5,16,18,20H2,1-3H3,(H,34,35,38). The topological polar surface area (TPSA) is 85.7 Å². The van der Waals surface area contributed by atoms with Crippen LogP contribution >= 0.6 is 0 Å². The van der Waals surface area contributed by atoms with Crippen molar-refractivity contribution in [3.8, 4) is 22.7 Å². The van der Waals surface area contributed by atoms with Crippen molar-refractivity contribution in [1.82, 2.24) is 14.5 Å². The molecule has 212 valence electrons. The van der Waals surface area contributed by atoms with Gasteiger partial charge in [-0.1, -0.05) is 6.07 Å². The summed E-state index contributed by atoms with van der Waals surface area (Å²) in [5.41, 5.74) is 4.92. The highest BCUT2D eigenvalue weighted by molar-refractivity contribution is 5.99. The van der Waals surface area contributed by atoms with Gasteiger partial charge < -0.3 is 14.4 Å². The van der Waals surface area contributed by atoms with Crippen LogP contribution in [0.5, 0.6) is 5.75 Å². The fraction of sp³-hybridized carbons (Fsp3) is 0.281. The van der Waals surface area contributed by atoms with Gasteiger partial charge in [-0.25, -0.2) is 9.37 Å². The number of nitrogens with zero attached hydrogens (tertiary/aromatic N) is 3. The minimum atomic E-state index is -0.434. The molecule has 3 aromatic carbocycles. The zero-order valence-electron chi connectivity index (χ0n) is 23.4. The summed E-state index contributed by atoms with van der Waals surface area (Å²) in [6, 6.07) is 18.9. The zero-order valence-corrected chi connectivity index (χ0v) is 23.4. The summed E-state index contributed by atoms with van der Waals surface area (Å²) in [4.78, 5) is 33.0. The van der Waals surface area contributed by atoms with Gasteiger partial charge >= 0.3 is 0 Å². The van der Waals surface area contributed by atoms with E-state index in [4.69, 9.17) is 14.5 Å². The van der Waals surface area contributed by atoms with Crippen LogP contribution in [-0.2, 0) is 9.53 Å². The third kappa shape index (κ3) is 6.63. The highest BCUT2D eigenvalue weighted by Crippen LogP contribution is 2.27. The van der Waals surface area contributed by atoms with Gasteiger partial charge in [0.2, 0.25) is 11.9 Å². The van der Waals surface area contributed by atoms with Gasteiger partial charge in [-0.05, 0) is 98.5 Å². The van der Waals surface area contributed by atoms with Crippen molar-refractivity contribution in [3.05, 3.63) is 95.4 Å². The van der Waals surface area contributed by atoms with E-state index in [9.17, 15) is 14.0 Å². The van der Waals surface area contributed by atoms with Crippen molar-refractivity contribution in [2.24, 2.45) is 0 Å². The van der Waals surface area contributed by atoms with Crippen molar-refractivity contribution >= 4 is 17.8 Å². The number of carbonyl (C=O) groups is 2. The molecule has 1 unspecified atom stereocenters. The van der Waals surface area contributed by atoms with Crippen molar-refractivity contribution in [1.29, 1.82) is 0 Å². The number of benzene rings is 3. The van der Waals surface area contributed by atoms with Crippen LogP contribution in [0.2, 0.25) is 0 Å². The highest BCUT2D eigenvalue weighted by atomic mass is 19.1. The number of imidazole rings is 1. The van der Waals surface area contributed by atoms with E-state index < -0.39 is 11.7 Å². The quantitative estimate of drug-likeness (QED) is 0.292. The lowest BCUT2D eigenvalue weighted by atomic mass is 10.1. The van der Waals surface area contributed by atoms with Crippen LogP contribution in [-0.4, -0.2) is 59.2 Å². The first-order valence-electron chi connectivity index (χ1n) is 13.6. The normalized spacial score (nSPS) is 14.6. The Morgan fingerprint density at radius 3 is 2.49 bits per heavy atom. The maximum atomic E-state index is 13.5. The third-order valence-electron chi connectivity index (χ3n) is 7.27. The molecule has 2 amide bonds. The van der Waals surface area contributed by atoms with Crippen LogP contribution in [0.3, 0.4) is 0 Å². The number of anilines is 1. The minimum Gasteiger partial charge on any atom is -0.497 e. The first-order valence-corrected chi connectivity index (χ1v) is 13.6. The van der Waals surface area contributed by atoms with E-state index in [2.05, 4.69) is 5.32 Å². The molecule has 2 heterocycles. The summed E-state index contributed by atoms with van der Waals surface area (Å²) in [5, 5.41) is 2.92. The Morgan fingerprint density at radius 2 is 1.83 bits per heavy atom. The largest absolute Gasteiger partial charge is 0.497 e. The van der Waals surface area contributed by atoms with Crippen molar-refractivity contribution in [3.63, 3.8) is 0 Å². The molecule has 0 aliphatic carbocycles. The lowest BCUT2D eigenvalue weighted by Crippen LogP contribution is -2.42. The summed E-state index contributed by atoms with van der Waals surface area (Å²) in [7, 11) is 1.61. The van der Waals surface area contributed by atoms with E-state index in [1.165, 1.54) is 29.2 Å². The predicted octanol–water partition coefficient (Wildman–Crippen LogP) is 5.56. The summed E-state index contributed by atoms with van der Waals surface area (Å²) < 4.78 is 26.3. The number of hydrogen-bond acceptors (Lipinski definition) is 5. The third-order valence-corrected chi connectivity index (χ3v) is 7.27. The SMILES string of the molecule is COc1ccc(-c2cn(-c3ccc(C)c(C)c3)c(NC(=O)CN(CC3CCCO3)C(=O)c3ccc(F)cc3)n2)cc1. The number of aryl methyl sites for hydroxylation is 2. The zero-order chi connectivity index (χ0) is 28.9. The Labute approximate surface area is 238 Å². The molecule has 1 saturated heterocycles. The number of hydrogen-bond donors (Lipinski definition) is 1. The van der Waals surface area contributed by atoms with Crippen LogP contribution in [0.4, 0.5) is 10.3 Å². The van der Waals surface area contributed by atoms with E-state index >= 15 is 0 Å². The molecule has 1 aliphatic heterocycles. The maximum Gasteiger partial charge on any atom is 0.254 e. The van der Waals surface area contributed by atoms with Crippen LogP contribution in [0.25, 0.3) is 16.9 Å². The molecule has 1 aromatic heterocycles. The molecule has 0 saturated carbocycles. The van der Waals surface area contributed by atoms with E-state index in [1.807, 2.05) is 67.1 Å². The van der Waals surface area contributed by atoms with Crippen LogP contribution in [0.15, 0.2) is 72.9 Å². The minimum absolute atomic E-state index is 0.161. The number of amides is 2. The fourth-order valence-electron chi connectivity index (χ4n) is 4.81. The first kappa shape index (κ1) is 28.0. The number of rotatable bonds is 9. The van der Waals surface area contributed by atoms with Gasteiger partial charge in [0.25, 0.3) is 5.91 Å². The fourth-order valence-corrected chi connectivity index (χ4v) is 4.81. The van der Waals surface area contributed by atoms with Crippen molar-refractivity contribution in [2.75, 3.05) is 32.1 Å². The van der Waals surface area contributed by atoms with Crippen LogP contribution < -0.4 is 10.1 Å². The van der Waals surface area contributed by atoms with E-state index in [1.54, 1.807) is 7.11 Å². The number of aromatic nitrogens is 2. The molecule has 0 spiro atoms. The van der Waals surface area contributed by atoms with Crippen molar-refractivity contribution < 1.29 is 23.5 Å². The van der Waals surface area contributed by atoms with Gasteiger partial charge in [0.1, 0.15) is 18.1 Å². The molecule has 0 bridgehead atoms. The van der Waals surface area contributed by atoms with Crippen LogP contribution in [0, 0.1) is 19.7 Å². The summed E-state index contributed by atoms with van der Waals surface area (Å²) >= 11 is 0. The van der Waals surface area contributed by atoms with E-state index in [0.29, 0.717) is 23.8 Å². The number of methoxy groups -OCH3 is 1. The van der Waals surface area contributed by atoms with Gasteiger partial charge in [0.15, 0.2) is 0 Å². The molecule has 1 atom stereocenters. The molecule has 1 fully saturated rings. The molecule has 5 rings (SSSR count). The summed E-state index contributed by atoms with van der Waals surface area (Å²) in [6.07, 6.45) is 3.41. The molecule has 41 heavy (non-hydrogen) atoms. The molecule has 1 aliphatic rings. The van der Waals surface area contributed by atoms with Gasteiger partial charge in [0, 0.05) is 36.2 Å². The molecule has 1 N–H and O–H groups in total. The number of carbonyl (C=O) groups excluding carboxylic acids is 2. The highest BCUT2D eigenvalue weighted by Gasteiger charge is 2.26. The van der Waals surface area contributed by atoms with E-state index in [0.717, 1.165) is 41.0 Å². The lowest BCUT2D eigenvalue weighted by molar-refractivity contribution is -0.117. The Hall–Kier alpha value is -4.50. The summed E-state index contributed by atoms with van der Waals surface area (Å²) in [6.45, 7) is 4.73. The second kappa shape index (κ2) is 12.3. The Balaban J connectivity index is 1.43. The van der Waals surface area contributed by atoms with Gasteiger partial charge in [-0.2, -0.15) is 0 Å². The predicted molar refractivity (Wildman–Crippen MR) is 155 cm³/mol. The Morgan fingerprint density at radius 1 is 1.07 bits per heavy atom. The number of nitrogens with one attached hydrogen (secondary N) is 1. The smallest absolute Gasteiger partial charge is 0.254 e. The Bertz CT molecular complexity index is 1530. The van der Waals surface area contributed by atoms with Gasteiger partial charge in [0.05, 0.1) is 18.9 Å². The summed E-state index contributed by atoms with van der Waals surface area (Å²) in [5.74, 6) is -0.151. The molecular formula is C32H33FN4O4. The van der Waals surface area contributed by atoms with Gasteiger partial charge in [-0.3, -0.25) is 19.5 Å². The second-order valence-electron chi connectivity index (χ2n) is 10.2.